The summed E-state index contributed by atoms with van der Waals surface area (Å²) in [6, 6.07) is 11.5. The third kappa shape index (κ3) is 5.76. The van der Waals surface area contributed by atoms with Gasteiger partial charge in [0.15, 0.2) is 6.29 Å². The summed E-state index contributed by atoms with van der Waals surface area (Å²) in [5.41, 5.74) is 2.99. The second-order valence-corrected chi connectivity index (χ2v) is 10.5. The van der Waals surface area contributed by atoms with Gasteiger partial charge in [0.1, 0.15) is 23.2 Å². The summed E-state index contributed by atoms with van der Waals surface area (Å²) in [6.07, 6.45) is 9.16. The Morgan fingerprint density at radius 3 is 2.87 bits per heavy atom. The predicted molar refractivity (Wildman–Crippen MR) is 151 cm³/mol. The van der Waals surface area contributed by atoms with Gasteiger partial charge in [-0.25, -0.2) is 0 Å². The molecule has 1 atom stereocenters. The first kappa shape index (κ1) is 25.8. The number of nitrogens with one attached hydrogen (secondary N) is 1. The molecule has 4 aromatic rings. The monoisotopic (exact) mass is 546 g/mol. The molecule has 202 valence electrons. The first-order valence-corrected chi connectivity index (χ1v) is 14.0. The maximum Gasteiger partial charge on any atom is 0.199 e. The van der Waals surface area contributed by atoms with Gasteiger partial charge in [0.2, 0.25) is 0 Å². The van der Waals surface area contributed by atoms with Gasteiger partial charge >= 0.3 is 0 Å². The van der Waals surface area contributed by atoms with E-state index in [2.05, 4.69) is 21.3 Å². The molecule has 9 heteroatoms. The van der Waals surface area contributed by atoms with Crippen LogP contribution in [0.4, 0.5) is 11.4 Å². The molecule has 4 heterocycles. The van der Waals surface area contributed by atoms with Crippen molar-refractivity contribution in [3.63, 3.8) is 0 Å². The minimum Gasteiger partial charge on any atom is -0.493 e. The number of likely N-dealkylation sites (tertiary alicyclic amines) is 1. The molecule has 2 fully saturated rings. The van der Waals surface area contributed by atoms with E-state index in [1.807, 2.05) is 24.3 Å². The Hall–Kier alpha value is -3.51. The molecule has 39 heavy (non-hydrogen) atoms. The smallest absolute Gasteiger partial charge is 0.199 e. The topological polar surface area (TPSA) is 92.8 Å². The summed E-state index contributed by atoms with van der Waals surface area (Å²) in [6.45, 7) is 4.64. The zero-order valence-electron chi connectivity index (χ0n) is 21.7. The lowest BCUT2D eigenvalue weighted by Crippen LogP contribution is -2.25. The Morgan fingerprint density at radius 2 is 2.05 bits per heavy atom. The highest BCUT2D eigenvalue weighted by Gasteiger charge is 2.22. The van der Waals surface area contributed by atoms with Gasteiger partial charge < -0.3 is 28.8 Å². The van der Waals surface area contributed by atoms with Gasteiger partial charge in [-0.2, -0.15) is 5.26 Å². The van der Waals surface area contributed by atoms with Crippen molar-refractivity contribution in [1.82, 2.24) is 9.88 Å². The number of hydrogen-bond donors (Lipinski definition) is 1. The number of anilines is 2. The van der Waals surface area contributed by atoms with Crippen molar-refractivity contribution in [2.75, 3.05) is 38.2 Å². The van der Waals surface area contributed by atoms with Gasteiger partial charge in [-0.3, -0.25) is 4.98 Å². The van der Waals surface area contributed by atoms with Gasteiger partial charge in [-0.15, -0.1) is 0 Å². The molecule has 0 bridgehead atoms. The first-order valence-electron chi connectivity index (χ1n) is 13.6. The van der Waals surface area contributed by atoms with Gasteiger partial charge in [-0.1, -0.05) is 11.6 Å². The van der Waals surface area contributed by atoms with E-state index < -0.39 is 0 Å². The molecule has 8 nitrogen and oxygen atoms in total. The van der Waals surface area contributed by atoms with E-state index in [1.54, 1.807) is 18.5 Å². The molecule has 0 saturated carbocycles. The van der Waals surface area contributed by atoms with E-state index in [4.69, 9.17) is 30.2 Å². The Balaban J connectivity index is 1.37. The van der Waals surface area contributed by atoms with Crippen LogP contribution in [0.15, 0.2) is 47.2 Å². The lowest BCUT2D eigenvalue weighted by atomic mass is 10.1. The van der Waals surface area contributed by atoms with Crippen LogP contribution in [0, 0.1) is 11.3 Å². The zero-order chi connectivity index (χ0) is 26.6. The fourth-order valence-electron chi connectivity index (χ4n) is 5.36. The van der Waals surface area contributed by atoms with Gasteiger partial charge in [0, 0.05) is 47.8 Å². The molecular weight excluding hydrogens is 516 g/mol. The lowest BCUT2D eigenvalue weighted by molar-refractivity contribution is -0.105. The number of rotatable bonds is 9. The molecule has 0 spiro atoms. The van der Waals surface area contributed by atoms with Crippen LogP contribution in [0.3, 0.4) is 0 Å². The van der Waals surface area contributed by atoms with E-state index in [-0.39, 0.29) is 6.29 Å². The van der Waals surface area contributed by atoms with Crippen LogP contribution in [0.2, 0.25) is 5.02 Å². The average molecular weight is 547 g/mol. The second kappa shape index (κ2) is 11.7. The van der Waals surface area contributed by atoms with Gasteiger partial charge in [-0.05, 0) is 57.3 Å². The highest BCUT2D eigenvalue weighted by molar-refractivity contribution is 6.31. The average Bonchev–Trinajstić information content (AvgIpc) is 3.64. The second-order valence-electron chi connectivity index (χ2n) is 10.0. The summed E-state index contributed by atoms with van der Waals surface area (Å²) in [4.78, 5) is 7.09. The number of nitrogens with zero attached hydrogens (tertiary/aromatic N) is 3. The molecule has 2 aliphatic heterocycles. The maximum atomic E-state index is 10.0. The molecule has 2 aromatic heterocycles. The third-order valence-corrected chi connectivity index (χ3v) is 7.52. The molecule has 0 aliphatic carbocycles. The molecular formula is C30H31ClN4O4. The number of fused-ring (bicyclic) bond motifs is 2. The first-order chi connectivity index (χ1) is 19.2. The van der Waals surface area contributed by atoms with Crippen molar-refractivity contribution in [3.05, 3.63) is 53.4 Å². The lowest BCUT2D eigenvalue weighted by Gasteiger charge is -2.25. The van der Waals surface area contributed by atoms with Crippen LogP contribution < -0.4 is 14.8 Å². The highest BCUT2D eigenvalue weighted by atomic mass is 35.5. The fraction of sp³-hybridized carbons (Fsp3) is 0.400. The number of halogens is 1. The highest BCUT2D eigenvalue weighted by Crippen LogP contribution is 2.41. The quantitative estimate of drug-likeness (QED) is 0.224. The summed E-state index contributed by atoms with van der Waals surface area (Å²) in [5, 5.41) is 15.5. The molecule has 2 aromatic carbocycles. The van der Waals surface area contributed by atoms with Crippen LogP contribution in [-0.4, -0.2) is 49.0 Å². The Kier molecular flexibility index (Phi) is 7.73. The molecule has 1 unspecified atom stereocenters. The maximum absolute atomic E-state index is 10.0. The number of aromatic nitrogens is 1. The van der Waals surface area contributed by atoms with Crippen LogP contribution in [0.5, 0.6) is 11.5 Å². The van der Waals surface area contributed by atoms with Crippen LogP contribution >= 0.6 is 11.6 Å². The summed E-state index contributed by atoms with van der Waals surface area (Å²) < 4.78 is 24.1. The third-order valence-electron chi connectivity index (χ3n) is 7.31. The molecule has 0 radical (unpaired) electrons. The number of hydrogen-bond acceptors (Lipinski definition) is 8. The van der Waals surface area contributed by atoms with Crippen LogP contribution in [0.1, 0.15) is 44.1 Å². The molecule has 6 rings (SSSR count). The van der Waals surface area contributed by atoms with Crippen molar-refractivity contribution >= 4 is 44.8 Å². The molecule has 2 aliphatic rings. The summed E-state index contributed by atoms with van der Waals surface area (Å²) in [5.74, 6) is 1.24. The number of pyridine rings is 1. The Bertz CT molecular complexity index is 1500. The van der Waals surface area contributed by atoms with Crippen molar-refractivity contribution in [2.24, 2.45) is 0 Å². The number of furan rings is 1. The van der Waals surface area contributed by atoms with E-state index in [0.717, 1.165) is 43.3 Å². The normalized spacial score (nSPS) is 17.9. The van der Waals surface area contributed by atoms with E-state index in [9.17, 15) is 5.26 Å². The van der Waals surface area contributed by atoms with Crippen molar-refractivity contribution in [3.8, 4) is 17.6 Å². The standard InChI is InChI=1S/C30H31ClN4O4/c31-21-14-24(23-7-13-37-26(23)15-21)34-30-20(18-32)19-33-25-16-22(36-12-5-10-35-8-2-3-9-35)17-27(29(25)30)39-28-6-1-4-11-38-28/h7,13-17,19,28H,1-6,8-12H2,(H,33,34). The largest absolute Gasteiger partial charge is 0.493 e. The molecule has 2 saturated heterocycles. The number of ether oxygens (including phenoxy) is 3. The van der Waals surface area contributed by atoms with Crippen molar-refractivity contribution < 1.29 is 18.6 Å². The zero-order valence-corrected chi connectivity index (χ0v) is 22.5. The fourth-order valence-corrected chi connectivity index (χ4v) is 5.57. The number of benzene rings is 2. The molecule has 0 amide bonds. The van der Waals surface area contributed by atoms with Gasteiger partial charge in [0.25, 0.3) is 0 Å². The van der Waals surface area contributed by atoms with Crippen LogP contribution in [-0.2, 0) is 4.74 Å². The summed E-state index contributed by atoms with van der Waals surface area (Å²) >= 11 is 6.38. The number of nitriles is 1. The Labute approximate surface area is 232 Å². The molecule has 1 N–H and O–H groups in total. The van der Waals surface area contributed by atoms with E-state index in [0.29, 0.717) is 57.5 Å². The Morgan fingerprint density at radius 1 is 1.15 bits per heavy atom. The van der Waals surface area contributed by atoms with Crippen molar-refractivity contribution in [2.45, 2.75) is 44.8 Å². The van der Waals surface area contributed by atoms with E-state index in [1.165, 1.54) is 25.9 Å². The minimum absolute atomic E-state index is 0.377. The predicted octanol–water partition coefficient (Wildman–Crippen LogP) is 7.02. The van der Waals surface area contributed by atoms with Crippen LogP contribution in [0.25, 0.3) is 21.9 Å². The van der Waals surface area contributed by atoms with E-state index >= 15 is 0 Å². The summed E-state index contributed by atoms with van der Waals surface area (Å²) in [7, 11) is 0. The SMILES string of the molecule is N#Cc1cnc2cc(OCCCN3CCCC3)cc(OC3CCCCO3)c2c1Nc1cc(Cl)cc2occc12. The van der Waals surface area contributed by atoms with Gasteiger partial charge in [0.05, 0.1) is 47.3 Å². The van der Waals surface area contributed by atoms with Crippen molar-refractivity contribution in [1.29, 1.82) is 5.26 Å². The minimum atomic E-state index is -0.377.